The summed E-state index contributed by atoms with van der Waals surface area (Å²) >= 11 is 0. The smallest absolute Gasteiger partial charge is 0.335 e. The van der Waals surface area contributed by atoms with Crippen LogP contribution >= 0.6 is 0 Å². The molecule has 0 fully saturated rings. The van der Waals surface area contributed by atoms with E-state index in [0.717, 1.165) is 20.9 Å². The van der Waals surface area contributed by atoms with Crippen molar-refractivity contribution in [2.75, 3.05) is 7.11 Å². The summed E-state index contributed by atoms with van der Waals surface area (Å²) < 4.78 is 33.0. The summed E-state index contributed by atoms with van der Waals surface area (Å²) in [5, 5.41) is 2.58. The number of nitrogens with one attached hydrogen (secondary N) is 1. The van der Waals surface area contributed by atoms with Gasteiger partial charge in [0.2, 0.25) is 0 Å². The van der Waals surface area contributed by atoms with Gasteiger partial charge in [0.25, 0.3) is 11.5 Å². The van der Waals surface area contributed by atoms with Gasteiger partial charge in [0.15, 0.2) is 9.84 Å². The molecule has 3 aromatic rings. The number of carbonyl (C=O) groups is 1. The van der Waals surface area contributed by atoms with Crippen LogP contribution in [0.5, 0.6) is 5.75 Å². The lowest BCUT2D eigenvalue weighted by Gasteiger charge is -2.21. The van der Waals surface area contributed by atoms with E-state index in [1.807, 2.05) is 6.07 Å². The molecule has 0 unspecified atom stereocenters. The minimum absolute atomic E-state index is 0.0254. The van der Waals surface area contributed by atoms with Gasteiger partial charge < -0.3 is 10.1 Å². The first-order valence-corrected chi connectivity index (χ1v) is 12.1. The quantitative estimate of drug-likeness (QED) is 0.569. The molecule has 0 saturated carbocycles. The lowest BCUT2D eigenvalue weighted by molar-refractivity contribution is -0.116. The highest BCUT2D eigenvalue weighted by Crippen LogP contribution is 2.22. The standard InChI is InChI=1S/C24H23N3O6S/c1-16-20-15-34(31,32)21(22(28)25-12-18-9-6-10-19(11-18)33-2)14-26(20)24(30)27(23(16)29)13-17-7-4-3-5-8-17/h3-11,14H,12-13,15H2,1-2H3,(H,25,28). The number of benzene rings is 2. The van der Waals surface area contributed by atoms with Gasteiger partial charge in [0.1, 0.15) is 10.7 Å². The summed E-state index contributed by atoms with van der Waals surface area (Å²) in [5.74, 6) is -0.851. The van der Waals surface area contributed by atoms with Crippen molar-refractivity contribution in [3.05, 3.63) is 103 Å². The Morgan fingerprint density at radius 1 is 1.06 bits per heavy atom. The zero-order chi connectivity index (χ0) is 24.5. The second kappa shape index (κ2) is 9.14. The molecule has 0 bridgehead atoms. The van der Waals surface area contributed by atoms with Crippen molar-refractivity contribution in [2.45, 2.75) is 25.8 Å². The van der Waals surface area contributed by atoms with E-state index in [1.54, 1.807) is 48.5 Å². The first-order chi connectivity index (χ1) is 16.2. The highest BCUT2D eigenvalue weighted by Gasteiger charge is 2.33. The van der Waals surface area contributed by atoms with Crippen molar-refractivity contribution in [1.82, 2.24) is 14.5 Å². The predicted molar refractivity (Wildman–Crippen MR) is 127 cm³/mol. The van der Waals surface area contributed by atoms with Gasteiger partial charge >= 0.3 is 5.69 Å². The lowest BCUT2D eigenvalue weighted by Crippen LogP contribution is -2.44. The van der Waals surface area contributed by atoms with E-state index >= 15 is 0 Å². The molecule has 1 aliphatic heterocycles. The molecule has 2 heterocycles. The Labute approximate surface area is 195 Å². The molecule has 34 heavy (non-hydrogen) atoms. The van der Waals surface area contributed by atoms with E-state index < -0.39 is 37.7 Å². The van der Waals surface area contributed by atoms with E-state index in [-0.39, 0.29) is 24.3 Å². The molecule has 0 spiro atoms. The van der Waals surface area contributed by atoms with Crippen LogP contribution in [0.25, 0.3) is 6.20 Å². The minimum Gasteiger partial charge on any atom is -0.497 e. The van der Waals surface area contributed by atoms with Crippen LogP contribution in [0.4, 0.5) is 0 Å². The molecule has 9 nitrogen and oxygen atoms in total. The number of fused-ring (bicyclic) bond motifs is 1. The lowest BCUT2D eigenvalue weighted by atomic mass is 10.2. The molecule has 1 aliphatic rings. The first-order valence-electron chi connectivity index (χ1n) is 10.5. The van der Waals surface area contributed by atoms with E-state index in [9.17, 15) is 22.8 Å². The van der Waals surface area contributed by atoms with Gasteiger partial charge in [0.05, 0.1) is 25.1 Å². The fraction of sp³-hybridized carbons (Fsp3) is 0.208. The maximum Gasteiger partial charge on any atom is 0.335 e. The van der Waals surface area contributed by atoms with E-state index in [2.05, 4.69) is 5.32 Å². The number of nitrogens with zero attached hydrogens (tertiary/aromatic N) is 2. The fourth-order valence-corrected chi connectivity index (χ4v) is 5.25. The third kappa shape index (κ3) is 4.44. The number of sulfone groups is 1. The summed E-state index contributed by atoms with van der Waals surface area (Å²) in [6.07, 6.45) is 1.01. The zero-order valence-corrected chi connectivity index (χ0v) is 19.5. The van der Waals surface area contributed by atoms with Gasteiger partial charge in [0, 0.05) is 18.3 Å². The second-order valence-electron chi connectivity index (χ2n) is 7.89. The average molecular weight is 482 g/mol. The first kappa shape index (κ1) is 23.2. The number of ether oxygens (including phenoxy) is 1. The Balaban J connectivity index is 1.71. The Morgan fingerprint density at radius 2 is 1.76 bits per heavy atom. The topological polar surface area (TPSA) is 116 Å². The SMILES string of the molecule is COc1cccc(CNC(=O)C2=Cn3c(c(C)c(=O)n(Cc4ccccc4)c3=O)CS2(=O)=O)c1. The van der Waals surface area contributed by atoms with E-state index in [1.165, 1.54) is 14.0 Å². The Kier molecular flexibility index (Phi) is 6.25. The molecule has 10 heteroatoms. The summed E-state index contributed by atoms with van der Waals surface area (Å²) in [7, 11) is -2.55. The number of rotatable bonds is 6. The van der Waals surface area contributed by atoms with Gasteiger partial charge in [-0.15, -0.1) is 0 Å². The molecule has 0 saturated heterocycles. The van der Waals surface area contributed by atoms with Crippen molar-refractivity contribution in [2.24, 2.45) is 0 Å². The van der Waals surface area contributed by atoms with Crippen molar-refractivity contribution in [3.8, 4) is 5.75 Å². The van der Waals surface area contributed by atoms with Crippen molar-refractivity contribution >= 4 is 21.9 Å². The number of hydrogen-bond acceptors (Lipinski definition) is 6. The van der Waals surface area contributed by atoms with Crippen molar-refractivity contribution in [3.63, 3.8) is 0 Å². The Hall–Kier alpha value is -3.92. The number of hydrogen-bond donors (Lipinski definition) is 1. The third-order valence-corrected chi connectivity index (χ3v) is 7.24. The molecule has 2 aromatic carbocycles. The van der Waals surface area contributed by atoms with Crippen LogP contribution in [0, 0.1) is 6.92 Å². The zero-order valence-electron chi connectivity index (χ0n) is 18.6. The normalized spacial score (nSPS) is 14.1. The van der Waals surface area contributed by atoms with Gasteiger partial charge in [-0.2, -0.15) is 0 Å². The van der Waals surface area contributed by atoms with Crippen LogP contribution in [-0.4, -0.2) is 30.6 Å². The average Bonchev–Trinajstić information content (AvgIpc) is 2.84. The van der Waals surface area contributed by atoms with Gasteiger partial charge in [-0.05, 0) is 30.2 Å². The molecular weight excluding hydrogens is 458 g/mol. The monoisotopic (exact) mass is 481 g/mol. The van der Waals surface area contributed by atoms with Crippen molar-refractivity contribution < 1.29 is 17.9 Å². The highest BCUT2D eigenvalue weighted by atomic mass is 32.2. The second-order valence-corrected chi connectivity index (χ2v) is 9.85. The van der Waals surface area contributed by atoms with E-state index in [0.29, 0.717) is 11.3 Å². The summed E-state index contributed by atoms with van der Waals surface area (Å²) in [5.41, 5.74) is 0.392. The number of amides is 1. The molecule has 4 rings (SSSR count). The number of methoxy groups -OCH3 is 1. The van der Waals surface area contributed by atoms with Crippen LogP contribution in [0.15, 0.2) is 69.1 Å². The molecule has 0 atom stereocenters. The van der Waals surface area contributed by atoms with Crippen LogP contribution < -0.4 is 21.3 Å². The number of aromatic nitrogens is 2. The van der Waals surface area contributed by atoms with Gasteiger partial charge in [-0.1, -0.05) is 42.5 Å². The van der Waals surface area contributed by atoms with Crippen LogP contribution in [-0.2, 0) is 33.5 Å². The number of carbonyl (C=O) groups excluding carboxylic acids is 1. The van der Waals surface area contributed by atoms with Gasteiger partial charge in [-0.25, -0.2) is 13.2 Å². The molecule has 0 aliphatic carbocycles. The molecule has 1 amide bonds. The largest absolute Gasteiger partial charge is 0.497 e. The Bertz CT molecular complexity index is 1520. The maximum atomic E-state index is 13.2. The van der Waals surface area contributed by atoms with Crippen LogP contribution in [0.1, 0.15) is 22.4 Å². The summed E-state index contributed by atoms with van der Waals surface area (Å²) in [6, 6.07) is 15.9. The highest BCUT2D eigenvalue weighted by molar-refractivity contribution is 7.95. The molecule has 176 valence electrons. The Morgan fingerprint density at radius 3 is 2.47 bits per heavy atom. The van der Waals surface area contributed by atoms with Crippen LogP contribution in [0.2, 0.25) is 0 Å². The van der Waals surface area contributed by atoms with E-state index in [4.69, 9.17) is 4.74 Å². The predicted octanol–water partition coefficient (Wildman–Crippen LogP) is 1.42. The van der Waals surface area contributed by atoms with Crippen LogP contribution in [0.3, 0.4) is 0 Å². The third-order valence-electron chi connectivity index (χ3n) is 5.63. The molecule has 1 aromatic heterocycles. The minimum atomic E-state index is -4.06. The van der Waals surface area contributed by atoms with Crippen molar-refractivity contribution in [1.29, 1.82) is 0 Å². The molecule has 1 N–H and O–H groups in total. The maximum absolute atomic E-state index is 13.2. The summed E-state index contributed by atoms with van der Waals surface area (Å²) in [6.45, 7) is 1.57. The molecular formula is C24H23N3O6S. The molecule has 0 radical (unpaired) electrons. The fourth-order valence-electron chi connectivity index (χ4n) is 3.76. The summed E-state index contributed by atoms with van der Waals surface area (Å²) in [4.78, 5) is 38.3. The van der Waals surface area contributed by atoms with Gasteiger partial charge in [-0.3, -0.25) is 18.7 Å².